The molecule has 0 unspecified atom stereocenters. The van der Waals surface area contributed by atoms with Gasteiger partial charge in [-0.05, 0) is 30.3 Å². The van der Waals surface area contributed by atoms with Crippen LogP contribution in [0.15, 0.2) is 53.0 Å². The van der Waals surface area contributed by atoms with Crippen molar-refractivity contribution in [2.45, 2.75) is 0 Å². The first kappa shape index (κ1) is 11.5. The molecule has 6 heteroatoms. The summed E-state index contributed by atoms with van der Waals surface area (Å²) in [5.41, 5.74) is 2.89. The Morgan fingerprint density at radius 3 is 2.75 bits per heavy atom. The Balaban J connectivity index is 1.79. The van der Waals surface area contributed by atoms with Crippen molar-refractivity contribution >= 4 is 44.4 Å². The first-order valence-corrected chi connectivity index (χ1v) is 6.95. The van der Waals surface area contributed by atoms with E-state index in [1.165, 1.54) is 0 Å². The summed E-state index contributed by atoms with van der Waals surface area (Å²) in [5.74, 6) is 1.32. The van der Waals surface area contributed by atoms with Crippen LogP contribution in [0.4, 0.5) is 11.6 Å². The van der Waals surface area contributed by atoms with Crippen molar-refractivity contribution in [2.24, 2.45) is 0 Å². The molecule has 20 heavy (non-hydrogen) atoms. The van der Waals surface area contributed by atoms with Gasteiger partial charge in [-0.1, -0.05) is 34.1 Å². The van der Waals surface area contributed by atoms with Crippen LogP contribution in [-0.2, 0) is 0 Å². The number of benzene rings is 2. The average molecular weight is 328 g/mol. The fourth-order valence-corrected chi connectivity index (χ4v) is 2.52. The van der Waals surface area contributed by atoms with Crippen molar-refractivity contribution in [2.75, 3.05) is 5.32 Å². The van der Waals surface area contributed by atoms with Gasteiger partial charge in [0.05, 0.1) is 11.0 Å². The number of halogens is 1. The lowest BCUT2D eigenvalue weighted by molar-refractivity contribution is 1.01. The van der Waals surface area contributed by atoms with Crippen molar-refractivity contribution in [3.63, 3.8) is 0 Å². The van der Waals surface area contributed by atoms with Crippen LogP contribution in [0.25, 0.3) is 16.8 Å². The molecule has 2 aromatic heterocycles. The summed E-state index contributed by atoms with van der Waals surface area (Å²) in [7, 11) is 0. The van der Waals surface area contributed by atoms with E-state index in [1.807, 2.05) is 53.0 Å². The molecule has 0 atom stereocenters. The van der Waals surface area contributed by atoms with Gasteiger partial charge < -0.3 is 5.32 Å². The first-order chi connectivity index (χ1) is 9.79. The quantitative estimate of drug-likeness (QED) is 0.590. The van der Waals surface area contributed by atoms with Crippen molar-refractivity contribution < 1.29 is 0 Å². The number of imidazole rings is 1. The summed E-state index contributed by atoms with van der Waals surface area (Å²) in [5, 5.41) is 6.42. The molecule has 4 rings (SSSR count). The van der Waals surface area contributed by atoms with Gasteiger partial charge >= 0.3 is 0 Å². The van der Waals surface area contributed by atoms with Crippen LogP contribution in [0, 0.1) is 0 Å². The zero-order chi connectivity index (χ0) is 13.5. The first-order valence-electron chi connectivity index (χ1n) is 6.15. The number of aromatic amines is 1. The molecule has 4 aromatic rings. The summed E-state index contributed by atoms with van der Waals surface area (Å²) in [6.07, 6.45) is 0. The number of hydrogen-bond acceptors (Lipinski definition) is 3. The SMILES string of the molecule is Brc1ccc2c(c1)nc1nc(Nc3ccccc3)[nH]n12. The van der Waals surface area contributed by atoms with E-state index in [1.54, 1.807) is 0 Å². The van der Waals surface area contributed by atoms with Gasteiger partial charge in [-0.15, -0.1) is 0 Å². The monoisotopic (exact) mass is 327 g/mol. The Kier molecular flexibility index (Phi) is 2.50. The summed E-state index contributed by atoms with van der Waals surface area (Å²) >= 11 is 3.44. The van der Waals surface area contributed by atoms with Crippen LogP contribution in [0.3, 0.4) is 0 Å². The summed E-state index contributed by atoms with van der Waals surface area (Å²) in [6.45, 7) is 0. The standard InChI is InChI=1S/C14H10BrN5/c15-9-6-7-12-11(8-9)17-14-18-13(19-20(12)14)16-10-4-2-1-3-5-10/h1-8H,(H2,16,17,18,19). The second-order valence-electron chi connectivity index (χ2n) is 4.44. The van der Waals surface area contributed by atoms with Crippen LogP contribution in [0.1, 0.15) is 0 Å². The maximum Gasteiger partial charge on any atom is 0.253 e. The van der Waals surface area contributed by atoms with Gasteiger partial charge in [-0.25, -0.2) is 9.50 Å². The molecule has 0 saturated carbocycles. The van der Waals surface area contributed by atoms with Gasteiger partial charge in [-0.2, -0.15) is 4.98 Å². The van der Waals surface area contributed by atoms with Crippen LogP contribution in [0.2, 0.25) is 0 Å². The molecule has 5 nitrogen and oxygen atoms in total. The van der Waals surface area contributed by atoms with Gasteiger partial charge in [0.2, 0.25) is 5.95 Å². The number of para-hydroxylation sites is 1. The molecule has 2 aromatic carbocycles. The van der Waals surface area contributed by atoms with Crippen molar-refractivity contribution in [1.82, 2.24) is 19.6 Å². The van der Waals surface area contributed by atoms with E-state index in [0.29, 0.717) is 11.7 Å². The number of anilines is 2. The molecule has 0 saturated heterocycles. The second kappa shape index (κ2) is 4.35. The molecular weight excluding hydrogens is 318 g/mol. The Hall–Kier alpha value is -2.34. The number of nitrogens with zero attached hydrogens (tertiary/aromatic N) is 3. The zero-order valence-corrected chi connectivity index (χ0v) is 11.9. The van der Waals surface area contributed by atoms with E-state index in [2.05, 4.69) is 36.3 Å². The van der Waals surface area contributed by atoms with Gasteiger partial charge in [0, 0.05) is 10.2 Å². The number of rotatable bonds is 2. The highest BCUT2D eigenvalue weighted by molar-refractivity contribution is 9.10. The lowest BCUT2D eigenvalue weighted by Crippen LogP contribution is -1.93. The van der Waals surface area contributed by atoms with E-state index in [9.17, 15) is 0 Å². The number of H-pyrrole nitrogens is 1. The van der Waals surface area contributed by atoms with E-state index >= 15 is 0 Å². The normalized spacial score (nSPS) is 11.2. The van der Waals surface area contributed by atoms with Crippen LogP contribution < -0.4 is 5.32 Å². The molecule has 2 N–H and O–H groups in total. The van der Waals surface area contributed by atoms with Crippen molar-refractivity contribution in [1.29, 1.82) is 0 Å². The summed E-state index contributed by atoms with van der Waals surface area (Å²) < 4.78 is 2.88. The molecule has 0 aliphatic rings. The second-order valence-corrected chi connectivity index (χ2v) is 5.36. The summed E-state index contributed by atoms with van der Waals surface area (Å²) in [4.78, 5) is 8.93. The number of hydrogen-bond donors (Lipinski definition) is 2. The third-order valence-electron chi connectivity index (χ3n) is 3.06. The van der Waals surface area contributed by atoms with Crippen LogP contribution >= 0.6 is 15.9 Å². The lowest BCUT2D eigenvalue weighted by atomic mass is 10.3. The van der Waals surface area contributed by atoms with Gasteiger partial charge in [0.25, 0.3) is 5.78 Å². The third kappa shape index (κ3) is 1.85. The molecule has 0 amide bonds. The molecule has 0 bridgehead atoms. The number of aromatic nitrogens is 4. The van der Waals surface area contributed by atoms with Gasteiger partial charge in [0.1, 0.15) is 0 Å². The molecule has 98 valence electrons. The lowest BCUT2D eigenvalue weighted by Gasteiger charge is -2.00. The molecule has 0 radical (unpaired) electrons. The number of nitrogens with one attached hydrogen (secondary N) is 2. The fourth-order valence-electron chi connectivity index (χ4n) is 2.17. The van der Waals surface area contributed by atoms with E-state index in [0.717, 1.165) is 21.2 Å². The predicted octanol–water partition coefficient (Wildman–Crippen LogP) is 3.72. The van der Waals surface area contributed by atoms with Crippen LogP contribution in [0.5, 0.6) is 0 Å². The minimum absolute atomic E-state index is 0.650. The molecule has 2 heterocycles. The molecule has 0 spiro atoms. The molecule has 0 aliphatic heterocycles. The zero-order valence-electron chi connectivity index (χ0n) is 10.3. The maximum atomic E-state index is 4.49. The largest absolute Gasteiger partial charge is 0.325 e. The third-order valence-corrected chi connectivity index (χ3v) is 3.56. The van der Waals surface area contributed by atoms with Crippen molar-refractivity contribution in [3.05, 3.63) is 53.0 Å². The molecule has 0 aliphatic carbocycles. The van der Waals surface area contributed by atoms with E-state index in [4.69, 9.17) is 0 Å². The van der Waals surface area contributed by atoms with Crippen molar-refractivity contribution in [3.8, 4) is 0 Å². The number of fused-ring (bicyclic) bond motifs is 3. The molecule has 0 fully saturated rings. The summed E-state index contributed by atoms with van der Waals surface area (Å²) in [6, 6.07) is 15.9. The topological polar surface area (TPSA) is 58.0 Å². The smallest absolute Gasteiger partial charge is 0.253 e. The highest BCUT2D eigenvalue weighted by Crippen LogP contribution is 2.21. The maximum absolute atomic E-state index is 4.49. The Labute approximate surface area is 122 Å². The minimum Gasteiger partial charge on any atom is -0.325 e. The Morgan fingerprint density at radius 2 is 1.90 bits per heavy atom. The highest BCUT2D eigenvalue weighted by atomic mass is 79.9. The Bertz CT molecular complexity index is 894. The molecular formula is C14H10BrN5. The van der Waals surface area contributed by atoms with E-state index < -0.39 is 0 Å². The Morgan fingerprint density at radius 1 is 1.05 bits per heavy atom. The average Bonchev–Trinajstić information content (AvgIpc) is 2.96. The van der Waals surface area contributed by atoms with Gasteiger partial charge in [0.15, 0.2) is 0 Å². The van der Waals surface area contributed by atoms with Crippen LogP contribution in [-0.4, -0.2) is 19.6 Å². The predicted molar refractivity (Wildman–Crippen MR) is 82.3 cm³/mol. The van der Waals surface area contributed by atoms with Gasteiger partial charge in [-0.3, -0.25) is 5.10 Å². The fraction of sp³-hybridized carbons (Fsp3) is 0. The van der Waals surface area contributed by atoms with E-state index in [-0.39, 0.29) is 0 Å². The highest BCUT2D eigenvalue weighted by Gasteiger charge is 2.09. The minimum atomic E-state index is 0.650.